The normalized spacial score (nSPS) is 11.1. The average Bonchev–Trinajstić information content (AvgIpc) is 3.16. The van der Waals surface area contributed by atoms with Gasteiger partial charge in [-0.05, 0) is 19.9 Å². The highest BCUT2D eigenvalue weighted by Crippen LogP contribution is 2.24. The molecule has 0 unspecified atom stereocenters. The fourth-order valence-corrected chi connectivity index (χ4v) is 3.64. The molecular weight excluding hydrogens is 440 g/mol. The van der Waals surface area contributed by atoms with Crippen molar-refractivity contribution in [3.8, 4) is 11.4 Å². The number of halogens is 1. The number of hydrogen-bond donors (Lipinski definition) is 1. The molecule has 11 heteroatoms. The van der Waals surface area contributed by atoms with Crippen molar-refractivity contribution in [2.24, 2.45) is 5.10 Å². The topological polar surface area (TPSA) is 115 Å². The fraction of sp³-hybridized carbons (Fsp3) is 0.200. The number of aryl methyl sites for hydroxylation is 1. The lowest BCUT2D eigenvalue weighted by Gasteiger charge is -2.07. The molecule has 160 valence electrons. The van der Waals surface area contributed by atoms with Crippen LogP contribution in [0.25, 0.3) is 11.4 Å². The Bertz CT molecular complexity index is 1130. The number of nitrogens with one attached hydrogen (secondary N) is 1. The first-order chi connectivity index (χ1) is 14.9. The van der Waals surface area contributed by atoms with Crippen molar-refractivity contribution < 1.29 is 9.72 Å². The SMILES string of the molecule is CCn1c(SCC(=O)N/N=C\c2cc([N+](=O)[O-])ccc2Cl)nnc1-c1ccc(C)cc1. The lowest BCUT2D eigenvalue weighted by molar-refractivity contribution is -0.384. The molecule has 1 aromatic heterocycles. The van der Waals surface area contributed by atoms with Crippen LogP contribution in [0.5, 0.6) is 0 Å². The smallest absolute Gasteiger partial charge is 0.270 e. The Balaban J connectivity index is 1.61. The monoisotopic (exact) mass is 458 g/mol. The molecular formula is C20H19ClN6O3S. The number of rotatable bonds is 8. The predicted molar refractivity (Wildman–Crippen MR) is 120 cm³/mol. The van der Waals surface area contributed by atoms with Gasteiger partial charge in [0.15, 0.2) is 11.0 Å². The van der Waals surface area contributed by atoms with Crippen molar-refractivity contribution in [2.45, 2.75) is 25.5 Å². The number of nitro benzene ring substituents is 1. The second-order valence-corrected chi connectivity index (χ2v) is 7.81. The molecule has 0 saturated carbocycles. The number of nitro groups is 1. The van der Waals surface area contributed by atoms with Crippen molar-refractivity contribution >= 4 is 41.2 Å². The van der Waals surface area contributed by atoms with Crippen molar-refractivity contribution in [3.05, 3.63) is 68.7 Å². The van der Waals surface area contributed by atoms with E-state index in [1.54, 1.807) is 0 Å². The first-order valence-electron chi connectivity index (χ1n) is 9.28. The third kappa shape index (κ3) is 5.68. The van der Waals surface area contributed by atoms with Crippen LogP contribution in [0.1, 0.15) is 18.1 Å². The van der Waals surface area contributed by atoms with Crippen LogP contribution >= 0.6 is 23.4 Å². The number of hydrazone groups is 1. The van der Waals surface area contributed by atoms with E-state index in [1.807, 2.05) is 42.7 Å². The van der Waals surface area contributed by atoms with Crippen LogP contribution in [-0.4, -0.2) is 37.6 Å². The summed E-state index contributed by atoms with van der Waals surface area (Å²) in [6.45, 7) is 4.66. The highest BCUT2D eigenvalue weighted by atomic mass is 35.5. The molecule has 1 amide bonds. The molecule has 0 spiro atoms. The molecule has 0 atom stereocenters. The predicted octanol–water partition coefficient (Wildman–Crippen LogP) is 4.08. The van der Waals surface area contributed by atoms with Gasteiger partial charge >= 0.3 is 0 Å². The van der Waals surface area contributed by atoms with E-state index < -0.39 is 4.92 Å². The standard InChI is InChI=1S/C20H19ClN6O3S/c1-3-26-19(14-6-4-13(2)5-7-14)24-25-20(26)31-12-18(28)23-22-11-15-10-16(27(29)30)8-9-17(15)21/h4-11H,3,12H2,1-2H3,(H,23,28)/b22-11-. The first kappa shape index (κ1) is 22.4. The number of benzene rings is 2. The lowest BCUT2D eigenvalue weighted by atomic mass is 10.1. The Kier molecular flexibility index (Phi) is 7.37. The quantitative estimate of drug-likeness (QED) is 0.235. The number of carbonyl (C=O) groups is 1. The van der Waals surface area contributed by atoms with Crippen molar-refractivity contribution in [1.29, 1.82) is 0 Å². The molecule has 9 nitrogen and oxygen atoms in total. The highest BCUT2D eigenvalue weighted by molar-refractivity contribution is 7.99. The molecule has 3 aromatic rings. The zero-order valence-corrected chi connectivity index (χ0v) is 18.4. The molecule has 0 aliphatic rings. The molecule has 0 aliphatic heterocycles. The number of non-ortho nitro benzene ring substituents is 1. The second-order valence-electron chi connectivity index (χ2n) is 6.46. The average molecular weight is 459 g/mol. The van der Waals surface area contributed by atoms with Crippen molar-refractivity contribution in [3.63, 3.8) is 0 Å². The molecule has 2 aromatic carbocycles. The first-order valence-corrected chi connectivity index (χ1v) is 10.6. The van der Waals surface area contributed by atoms with E-state index in [9.17, 15) is 14.9 Å². The molecule has 0 fully saturated rings. The molecule has 0 saturated heterocycles. The number of nitrogens with zero attached hydrogens (tertiary/aromatic N) is 5. The molecule has 0 aliphatic carbocycles. The summed E-state index contributed by atoms with van der Waals surface area (Å²) in [5.41, 5.74) is 4.71. The Labute approximate surface area is 187 Å². The van der Waals surface area contributed by atoms with Crippen molar-refractivity contribution in [2.75, 3.05) is 5.75 Å². The van der Waals surface area contributed by atoms with Gasteiger partial charge in [-0.25, -0.2) is 5.43 Å². The summed E-state index contributed by atoms with van der Waals surface area (Å²) in [7, 11) is 0. The summed E-state index contributed by atoms with van der Waals surface area (Å²) in [5.74, 6) is 0.459. The maximum absolute atomic E-state index is 12.1. The number of aromatic nitrogens is 3. The van der Waals surface area contributed by atoms with Crippen LogP contribution in [0.2, 0.25) is 5.02 Å². The Hall–Kier alpha value is -3.24. The van der Waals surface area contributed by atoms with Crippen LogP contribution in [0.4, 0.5) is 5.69 Å². The van der Waals surface area contributed by atoms with Crippen LogP contribution in [-0.2, 0) is 11.3 Å². The summed E-state index contributed by atoms with van der Waals surface area (Å²) in [5, 5.41) is 24.1. The molecule has 0 radical (unpaired) electrons. The second kappa shape index (κ2) is 10.2. The van der Waals surface area contributed by atoms with E-state index in [0.717, 1.165) is 17.0 Å². The van der Waals surface area contributed by atoms with Crippen molar-refractivity contribution in [1.82, 2.24) is 20.2 Å². The number of amides is 1. The van der Waals surface area contributed by atoms with E-state index in [0.29, 0.717) is 17.3 Å². The number of thioether (sulfide) groups is 1. The minimum atomic E-state index is -0.530. The number of carbonyl (C=O) groups excluding carboxylic acids is 1. The summed E-state index contributed by atoms with van der Waals surface area (Å²) < 4.78 is 1.94. The van der Waals surface area contributed by atoms with Crippen LogP contribution in [0.3, 0.4) is 0 Å². The highest BCUT2D eigenvalue weighted by Gasteiger charge is 2.14. The van der Waals surface area contributed by atoms with Gasteiger partial charge in [0.25, 0.3) is 11.6 Å². The van der Waals surface area contributed by atoms with E-state index in [-0.39, 0.29) is 22.4 Å². The van der Waals surface area contributed by atoms with E-state index in [1.165, 1.54) is 36.2 Å². The number of hydrogen-bond acceptors (Lipinski definition) is 7. The largest absolute Gasteiger partial charge is 0.302 e. The van der Waals surface area contributed by atoms with Gasteiger partial charge in [0.2, 0.25) is 0 Å². The minimum absolute atomic E-state index is 0.0754. The summed E-state index contributed by atoms with van der Waals surface area (Å²) in [6, 6.07) is 12.0. The maximum Gasteiger partial charge on any atom is 0.270 e. The van der Waals surface area contributed by atoms with Gasteiger partial charge in [-0.2, -0.15) is 5.10 Å². The van der Waals surface area contributed by atoms with Gasteiger partial charge < -0.3 is 4.57 Å². The Morgan fingerprint density at radius 1 is 1.29 bits per heavy atom. The molecule has 0 bridgehead atoms. The van der Waals surface area contributed by atoms with Gasteiger partial charge in [-0.3, -0.25) is 14.9 Å². The third-order valence-electron chi connectivity index (χ3n) is 4.26. The fourth-order valence-electron chi connectivity index (χ4n) is 2.68. The zero-order chi connectivity index (χ0) is 22.4. The Morgan fingerprint density at radius 2 is 2.03 bits per heavy atom. The summed E-state index contributed by atoms with van der Waals surface area (Å²) in [6.07, 6.45) is 1.27. The van der Waals surface area contributed by atoms with E-state index >= 15 is 0 Å². The van der Waals surface area contributed by atoms with Crippen LogP contribution in [0, 0.1) is 17.0 Å². The summed E-state index contributed by atoms with van der Waals surface area (Å²) in [4.78, 5) is 22.5. The summed E-state index contributed by atoms with van der Waals surface area (Å²) >= 11 is 7.25. The minimum Gasteiger partial charge on any atom is -0.302 e. The van der Waals surface area contributed by atoms with Gasteiger partial charge in [-0.15, -0.1) is 10.2 Å². The lowest BCUT2D eigenvalue weighted by Crippen LogP contribution is -2.20. The van der Waals surface area contributed by atoms with E-state index in [4.69, 9.17) is 11.6 Å². The molecule has 3 rings (SSSR count). The molecule has 31 heavy (non-hydrogen) atoms. The third-order valence-corrected chi connectivity index (χ3v) is 5.57. The van der Waals surface area contributed by atoms with Crippen LogP contribution in [0.15, 0.2) is 52.7 Å². The van der Waals surface area contributed by atoms with Gasteiger partial charge in [-0.1, -0.05) is 53.2 Å². The van der Waals surface area contributed by atoms with Crippen LogP contribution < -0.4 is 5.43 Å². The van der Waals surface area contributed by atoms with Gasteiger partial charge in [0, 0.05) is 34.8 Å². The van der Waals surface area contributed by atoms with E-state index in [2.05, 4.69) is 20.7 Å². The molecule has 1 N–H and O–H groups in total. The zero-order valence-electron chi connectivity index (χ0n) is 16.8. The maximum atomic E-state index is 12.1. The van der Waals surface area contributed by atoms with Gasteiger partial charge in [0.05, 0.1) is 16.9 Å². The van der Waals surface area contributed by atoms with Gasteiger partial charge in [0.1, 0.15) is 0 Å². The Morgan fingerprint density at radius 3 is 2.71 bits per heavy atom. The molecule has 1 heterocycles.